The summed E-state index contributed by atoms with van der Waals surface area (Å²) in [7, 11) is 1.50. The van der Waals surface area contributed by atoms with Gasteiger partial charge >= 0.3 is 0 Å². The van der Waals surface area contributed by atoms with Gasteiger partial charge in [0, 0.05) is 6.42 Å². The molecule has 23 heavy (non-hydrogen) atoms. The Labute approximate surface area is 135 Å². The number of carbonyl (C=O) groups excluding carboxylic acids is 1. The summed E-state index contributed by atoms with van der Waals surface area (Å²) in [6, 6.07) is 7.63. The molecule has 0 saturated heterocycles. The Morgan fingerprint density at radius 3 is 2.57 bits per heavy atom. The summed E-state index contributed by atoms with van der Waals surface area (Å²) in [4.78, 5) is 21.0. The lowest BCUT2D eigenvalue weighted by Crippen LogP contribution is -2.11. The van der Waals surface area contributed by atoms with Crippen molar-refractivity contribution in [1.29, 1.82) is 0 Å². The Bertz CT molecular complexity index is 686. The van der Waals surface area contributed by atoms with E-state index in [0.717, 1.165) is 11.1 Å². The lowest BCUT2D eigenvalue weighted by molar-refractivity contribution is -0.114. The zero-order valence-corrected chi connectivity index (χ0v) is 13.5. The van der Waals surface area contributed by atoms with Gasteiger partial charge in [0.1, 0.15) is 25.5 Å². The average molecular weight is 312 g/mol. The summed E-state index contributed by atoms with van der Waals surface area (Å²) < 4.78 is 1.50. The minimum absolute atomic E-state index is 0.0375. The predicted octanol–water partition coefficient (Wildman–Crippen LogP) is 2.87. The van der Waals surface area contributed by atoms with E-state index in [4.69, 9.17) is 0 Å². The van der Waals surface area contributed by atoms with E-state index in [1.165, 1.54) is 24.4 Å². The van der Waals surface area contributed by atoms with Crippen molar-refractivity contribution in [2.24, 2.45) is 11.1 Å². The standard InChI is InChI=1S/C17H20N4O2/c1-13(2)8-17(22)16(21-12-18-11-19-21)9-14-4-6-15(7-5-14)10-20-23-3/h4-7,9-13H,8H2,1-3H3/b16-9+,20-10+. The molecular weight excluding hydrogens is 292 g/mol. The number of hydrogen-bond donors (Lipinski definition) is 0. The van der Waals surface area contributed by atoms with Crippen LogP contribution in [-0.2, 0) is 9.63 Å². The van der Waals surface area contributed by atoms with Crippen LogP contribution in [0.5, 0.6) is 0 Å². The van der Waals surface area contributed by atoms with E-state index in [2.05, 4.69) is 20.1 Å². The Balaban J connectivity index is 2.29. The molecule has 0 radical (unpaired) electrons. The maximum absolute atomic E-state index is 12.5. The van der Waals surface area contributed by atoms with Crippen molar-refractivity contribution in [2.45, 2.75) is 20.3 Å². The summed E-state index contributed by atoms with van der Waals surface area (Å²) in [6.07, 6.45) is 6.85. The van der Waals surface area contributed by atoms with Crippen LogP contribution in [0, 0.1) is 5.92 Å². The number of allylic oxidation sites excluding steroid dienone is 1. The van der Waals surface area contributed by atoms with Gasteiger partial charge in [-0.1, -0.05) is 43.3 Å². The van der Waals surface area contributed by atoms with E-state index in [1.807, 2.05) is 44.2 Å². The molecular formula is C17H20N4O2. The van der Waals surface area contributed by atoms with Crippen molar-refractivity contribution in [3.63, 3.8) is 0 Å². The first-order chi connectivity index (χ1) is 11.1. The minimum atomic E-state index is 0.0375. The normalized spacial score (nSPS) is 12.1. The molecule has 0 N–H and O–H groups in total. The Kier molecular flexibility index (Phi) is 5.80. The summed E-state index contributed by atoms with van der Waals surface area (Å²) in [5, 5.41) is 7.80. The Hall–Kier alpha value is -2.76. The van der Waals surface area contributed by atoms with Gasteiger partial charge in [-0.25, -0.2) is 9.67 Å². The number of nitrogens with zero attached hydrogens (tertiary/aromatic N) is 4. The molecule has 6 nitrogen and oxygen atoms in total. The van der Waals surface area contributed by atoms with Gasteiger partial charge in [-0.05, 0) is 23.1 Å². The van der Waals surface area contributed by atoms with Gasteiger partial charge in [-0.2, -0.15) is 5.10 Å². The van der Waals surface area contributed by atoms with E-state index >= 15 is 0 Å². The highest BCUT2D eigenvalue weighted by atomic mass is 16.6. The lowest BCUT2D eigenvalue weighted by atomic mass is 10.0. The highest BCUT2D eigenvalue weighted by Crippen LogP contribution is 2.16. The van der Waals surface area contributed by atoms with Crippen LogP contribution in [0.4, 0.5) is 0 Å². The lowest BCUT2D eigenvalue weighted by Gasteiger charge is -2.08. The van der Waals surface area contributed by atoms with Gasteiger partial charge < -0.3 is 4.84 Å². The second kappa shape index (κ2) is 8.03. The van der Waals surface area contributed by atoms with Crippen LogP contribution < -0.4 is 0 Å². The van der Waals surface area contributed by atoms with Gasteiger partial charge in [0.15, 0.2) is 5.78 Å². The molecule has 0 aliphatic rings. The smallest absolute Gasteiger partial charge is 0.181 e. The molecule has 0 spiro atoms. The maximum Gasteiger partial charge on any atom is 0.181 e. The fraction of sp³-hybridized carbons (Fsp3) is 0.294. The third kappa shape index (κ3) is 4.88. The fourth-order valence-electron chi connectivity index (χ4n) is 2.03. The number of rotatable bonds is 7. The number of benzene rings is 1. The zero-order chi connectivity index (χ0) is 16.7. The highest BCUT2D eigenvalue weighted by Gasteiger charge is 2.14. The Morgan fingerprint density at radius 2 is 2.00 bits per heavy atom. The van der Waals surface area contributed by atoms with Crippen LogP contribution in [0.15, 0.2) is 42.1 Å². The van der Waals surface area contributed by atoms with Crippen LogP contribution in [0.1, 0.15) is 31.4 Å². The zero-order valence-electron chi connectivity index (χ0n) is 13.5. The number of Topliss-reactive ketones (excluding diaryl/α,β-unsaturated/α-hetero) is 1. The van der Waals surface area contributed by atoms with Crippen LogP contribution in [0.2, 0.25) is 0 Å². The van der Waals surface area contributed by atoms with Crippen molar-refractivity contribution in [1.82, 2.24) is 14.8 Å². The third-order valence-electron chi connectivity index (χ3n) is 3.09. The largest absolute Gasteiger partial charge is 0.399 e. The molecule has 1 aromatic heterocycles. The van der Waals surface area contributed by atoms with Gasteiger partial charge in [-0.15, -0.1) is 0 Å². The molecule has 0 atom stereocenters. The predicted molar refractivity (Wildman–Crippen MR) is 89.7 cm³/mol. The minimum Gasteiger partial charge on any atom is -0.399 e. The van der Waals surface area contributed by atoms with Crippen molar-refractivity contribution in [2.75, 3.05) is 7.11 Å². The van der Waals surface area contributed by atoms with E-state index in [0.29, 0.717) is 12.1 Å². The number of hydrogen-bond acceptors (Lipinski definition) is 5. The molecule has 0 aliphatic carbocycles. The van der Waals surface area contributed by atoms with Crippen LogP contribution >= 0.6 is 0 Å². The average Bonchev–Trinajstić information content (AvgIpc) is 3.05. The van der Waals surface area contributed by atoms with E-state index in [-0.39, 0.29) is 11.7 Å². The number of ketones is 1. The van der Waals surface area contributed by atoms with E-state index < -0.39 is 0 Å². The second-order valence-corrected chi connectivity index (χ2v) is 5.47. The molecule has 2 rings (SSSR count). The molecule has 1 heterocycles. The summed E-state index contributed by atoms with van der Waals surface area (Å²) in [5.41, 5.74) is 2.33. The van der Waals surface area contributed by atoms with Crippen LogP contribution in [0.25, 0.3) is 11.8 Å². The SMILES string of the molecule is CO/N=C/c1ccc(/C=C(\C(=O)CC(C)C)n2cncn2)cc1. The molecule has 0 bridgehead atoms. The van der Waals surface area contributed by atoms with E-state index in [1.54, 1.807) is 6.21 Å². The molecule has 120 valence electrons. The van der Waals surface area contributed by atoms with Crippen LogP contribution in [0.3, 0.4) is 0 Å². The fourth-order valence-corrected chi connectivity index (χ4v) is 2.03. The van der Waals surface area contributed by atoms with Crippen molar-refractivity contribution in [3.8, 4) is 0 Å². The van der Waals surface area contributed by atoms with Crippen molar-refractivity contribution < 1.29 is 9.63 Å². The molecule has 0 amide bonds. The topological polar surface area (TPSA) is 69.4 Å². The number of aromatic nitrogens is 3. The molecule has 6 heteroatoms. The number of oxime groups is 1. The maximum atomic E-state index is 12.5. The highest BCUT2D eigenvalue weighted by molar-refractivity contribution is 6.19. The van der Waals surface area contributed by atoms with Crippen molar-refractivity contribution >= 4 is 23.8 Å². The molecule has 0 unspecified atom stereocenters. The first-order valence-corrected chi connectivity index (χ1v) is 7.36. The van der Waals surface area contributed by atoms with Crippen molar-refractivity contribution in [3.05, 3.63) is 48.0 Å². The Morgan fingerprint density at radius 1 is 1.30 bits per heavy atom. The van der Waals surface area contributed by atoms with Gasteiger partial charge in [-0.3, -0.25) is 4.79 Å². The quantitative estimate of drug-likeness (QED) is 0.448. The molecule has 0 aliphatic heterocycles. The first-order valence-electron chi connectivity index (χ1n) is 7.36. The van der Waals surface area contributed by atoms with Gasteiger partial charge in [0.25, 0.3) is 0 Å². The molecule has 0 fully saturated rings. The second-order valence-electron chi connectivity index (χ2n) is 5.47. The summed E-state index contributed by atoms with van der Waals surface area (Å²) in [6.45, 7) is 4.03. The molecule has 1 aromatic carbocycles. The van der Waals surface area contributed by atoms with Gasteiger partial charge in [0.05, 0.1) is 6.21 Å². The molecule has 0 saturated carbocycles. The summed E-state index contributed by atoms with van der Waals surface area (Å²) >= 11 is 0. The van der Waals surface area contributed by atoms with Crippen LogP contribution in [-0.4, -0.2) is 33.9 Å². The van der Waals surface area contributed by atoms with E-state index in [9.17, 15) is 4.79 Å². The monoisotopic (exact) mass is 312 g/mol. The van der Waals surface area contributed by atoms with Gasteiger partial charge in [0.2, 0.25) is 0 Å². The number of carbonyl (C=O) groups is 1. The first kappa shape index (κ1) is 16.6. The molecule has 2 aromatic rings. The summed E-state index contributed by atoms with van der Waals surface area (Å²) in [5.74, 6) is 0.317. The third-order valence-corrected chi connectivity index (χ3v) is 3.09.